The number of hydrogen-bond donors (Lipinski definition) is 1. The van der Waals surface area contributed by atoms with Crippen LogP contribution in [0.4, 0.5) is 4.39 Å². The molecule has 1 N–H and O–H groups in total. The van der Waals surface area contributed by atoms with E-state index in [1.54, 1.807) is 0 Å². The van der Waals surface area contributed by atoms with Crippen molar-refractivity contribution in [3.05, 3.63) is 105 Å². The van der Waals surface area contributed by atoms with E-state index >= 15 is 0 Å². The molecule has 1 unspecified atom stereocenters. The number of allylic oxidation sites excluding steroid dienone is 1. The number of rotatable bonds is 8. The van der Waals surface area contributed by atoms with Gasteiger partial charge in [0, 0.05) is 41.4 Å². The summed E-state index contributed by atoms with van der Waals surface area (Å²) in [6.07, 6.45) is 6.41. The number of aromatic nitrogens is 2. The van der Waals surface area contributed by atoms with Crippen LogP contribution >= 0.6 is 23.2 Å². The fourth-order valence-electron chi connectivity index (χ4n) is 5.97. The van der Waals surface area contributed by atoms with Gasteiger partial charge < -0.3 is 4.74 Å². The Morgan fingerprint density at radius 2 is 1.77 bits per heavy atom. The molecular formula is C33H32Cl2FN3O. The first kappa shape index (κ1) is 27.1. The van der Waals surface area contributed by atoms with E-state index in [9.17, 15) is 4.39 Å². The monoisotopic (exact) mass is 575 g/mol. The highest BCUT2D eigenvalue weighted by Crippen LogP contribution is 2.43. The highest BCUT2D eigenvalue weighted by Gasteiger charge is 2.25. The van der Waals surface area contributed by atoms with E-state index in [1.807, 2.05) is 30.5 Å². The van der Waals surface area contributed by atoms with Crippen LogP contribution in [0.3, 0.4) is 0 Å². The number of H-pyrrole nitrogens is 1. The highest BCUT2D eigenvalue weighted by molar-refractivity contribution is 6.36. The zero-order valence-corrected chi connectivity index (χ0v) is 23.8. The summed E-state index contributed by atoms with van der Waals surface area (Å²) in [6.45, 7) is 2.33. The van der Waals surface area contributed by atoms with Gasteiger partial charge in [0.1, 0.15) is 11.9 Å². The van der Waals surface area contributed by atoms with E-state index in [0.29, 0.717) is 16.5 Å². The molecule has 1 aromatic heterocycles. The minimum absolute atomic E-state index is 0.132. The maximum atomic E-state index is 12.6. The number of aromatic amines is 1. The average Bonchev–Trinajstić information content (AvgIpc) is 3.62. The average molecular weight is 577 g/mol. The lowest BCUT2D eigenvalue weighted by molar-refractivity contribution is 0.198. The molecule has 0 spiro atoms. The minimum atomic E-state index is -0.268. The lowest BCUT2D eigenvalue weighted by Crippen LogP contribution is -2.26. The molecule has 1 aliphatic carbocycles. The van der Waals surface area contributed by atoms with Crippen molar-refractivity contribution >= 4 is 34.3 Å². The third-order valence-electron chi connectivity index (χ3n) is 7.88. The Kier molecular flexibility index (Phi) is 8.24. The Morgan fingerprint density at radius 3 is 2.55 bits per heavy atom. The van der Waals surface area contributed by atoms with E-state index in [-0.39, 0.29) is 12.8 Å². The van der Waals surface area contributed by atoms with E-state index in [2.05, 4.69) is 57.6 Å². The number of hydrogen-bond acceptors (Lipinski definition) is 3. The largest absolute Gasteiger partial charge is 0.489 e. The van der Waals surface area contributed by atoms with Gasteiger partial charge in [0.05, 0.1) is 12.4 Å². The number of ether oxygens (including phenoxy) is 1. The van der Waals surface area contributed by atoms with E-state index in [1.165, 1.54) is 22.3 Å². The van der Waals surface area contributed by atoms with Crippen molar-refractivity contribution in [1.29, 1.82) is 0 Å². The lowest BCUT2D eigenvalue weighted by atomic mass is 9.87. The van der Waals surface area contributed by atoms with Crippen molar-refractivity contribution in [3.63, 3.8) is 0 Å². The van der Waals surface area contributed by atoms with Gasteiger partial charge in [-0.2, -0.15) is 5.10 Å². The molecule has 40 heavy (non-hydrogen) atoms. The number of benzene rings is 3. The van der Waals surface area contributed by atoms with E-state index in [4.69, 9.17) is 27.9 Å². The molecule has 4 aromatic rings. The Morgan fingerprint density at radius 1 is 0.950 bits per heavy atom. The van der Waals surface area contributed by atoms with Gasteiger partial charge in [-0.05, 0) is 102 Å². The van der Waals surface area contributed by atoms with Crippen molar-refractivity contribution in [2.24, 2.45) is 0 Å². The first-order chi connectivity index (χ1) is 19.6. The first-order valence-electron chi connectivity index (χ1n) is 14.0. The van der Waals surface area contributed by atoms with Gasteiger partial charge >= 0.3 is 0 Å². The van der Waals surface area contributed by atoms with Crippen molar-refractivity contribution < 1.29 is 9.13 Å². The number of aryl methyl sites for hydroxylation is 1. The Bertz CT molecular complexity index is 1500. The van der Waals surface area contributed by atoms with Crippen LogP contribution in [0.25, 0.3) is 22.4 Å². The molecule has 1 saturated heterocycles. The maximum absolute atomic E-state index is 12.6. The smallest absolute Gasteiger partial charge is 0.119 e. The molecular weight excluding hydrogens is 544 g/mol. The summed E-state index contributed by atoms with van der Waals surface area (Å²) in [5.74, 6) is 0.857. The normalized spacial score (nSPS) is 17.6. The van der Waals surface area contributed by atoms with Crippen molar-refractivity contribution in [2.75, 3.05) is 26.3 Å². The Hall–Kier alpha value is -3.12. The Balaban J connectivity index is 1.36. The summed E-state index contributed by atoms with van der Waals surface area (Å²) < 4.78 is 18.9. The molecule has 2 heterocycles. The second-order valence-electron chi connectivity index (χ2n) is 10.6. The molecule has 7 heteroatoms. The number of nitrogens with zero attached hydrogens (tertiary/aromatic N) is 2. The van der Waals surface area contributed by atoms with Gasteiger partial charge in [0.2, 0.25) is 0 Å². The number of nitrogens with one attached hydrogen (secondary N) is 1. The van der Waals surface area contributed by atoms with Gasteiger partial charge in [-0.15, -0.1) is 0 Å². The number of halogens is 3. The molecule has 0 radical (unpaired) electrons. The molecule has 0 saturated carbocycles. The number of likely N-dealkylation sites (tertiary alicyclic amines) is 1. The van der Waals surface area contributed by atoms with Crippen LogP contribution in [0.2, 0.25) is 10.0 Å². The molecule has 1 fully saturated rings. The summed E-state index contributed by atoms with van der Waals surface area (Å²) in [5.41, 5.74) is 9.12. The highest BCUT2D eigenvalue weighted by atomic mass is 35.5. The summed E-state index contributed by atoms with van der Waals surface area (Å²) in [7, 11) is 0. The lowest BCUT2D eigenvalue weighted by Gasteiger charge is -2.19. The van der Waals surface area contributed by atoms with Crippen LogP contribution in [0.15, 0.2) is 72.9 Å². The second kappa shape index (κ2) is 12.2. The van der Waals surface area contributed by atoms with Crippen LogP contribution in [-0.2, 0) is 6.42 Å². The van der Waals surface area contributed by atoms with Gasteiger partial charge in [0.15, 0.2) is 0 Å². The van der Waals surface area contributed by atoms with Crippen LogP contribution in [0, 0.1) is 0 Å². The minimum Gasteiger partial charge on any atom is -0.489 e. The standard InChI is InChI=1S/C33H32Cl2FN3O/c34-25-8-12-29(31(35)20-25)30-4-1-3-23-19-24(32-13-16-37-38-32)7-11-28(23)33(30)22-5-9-26(10-6-22)40-27-14-18-39(21-27)17-2-15-36/h5-13,16,19-20,27H,1-4,14-15,17-18,21H2,(H,37,38). The molecule has 4 nitrogen and oxygen atoms in total. The van der Waals surface area contributed by atoms with Gasteiger partial charge in [-0.25, -0.2) is 0 Å². The fourth-order valence-corrected chi connectivity index (χ4v) is 6.50. The van der Waals surface area contributed by atoms with E-state index in [0.717, 1.165) is 73.5 Å². The SMILES string of the molecule is FCCCN1CCC(Oc2ccc(C3=C(c4ccc(Cl)cc4Cl)CCCc4cc(-c5cc[nH]n5)ccc43)cc2)C1. The first-order valence-corrected chi connectivity index (χ1v) is 14.7. The van der Waals surface area contributed by atoms with Crippen molar-refractivity contribution in [2.45, 2.75) is 38.2 Å². The predicted molar refractivity (Wildman–Crippen MR) is 162 cm³/mol. The summed E-state index contributed by atoms with van der Waals surface area (Å²) in [5, 5.41) is 8.60. The molecule has 0 bridgehead atoms. The van der Waals surface area contributed by atoms with Crippen molar-refractivity contribution in [3.8, 4) is 17.0 Å². The van der Waals surface area contributed by atoms with Crippen molar-refractivity contribution in [1.82, 2.24) is 15.1 Å². The molecule has 206 valence electrons. The van der Waals surface area contributed by atoms with E-state index < -0.39 is 0 Å². The van der Waals surface area contributed by atoms with Crippen LogP contribution in [0.5, 0.6) is 5.75 Å². The van der Waals surface area contributed by atoms with Crippen LogP contribution in [0.1, 0.15) is 47.9 Å². The Labute approximate surface area is 244 Å². The zero-order valence-electron chi connectivity index (χ0n) is 22.3. The molecule has 2 aliphatic rings. The van der Waals surface area contributed by atoms with Crippen LogP contribution in [-0.4, -0.2) is 47.5 Å². The molecule has 0 amide bonds. The summed E-state index contributed by atoms with van der Waals surface area (Å²) in [4.78, 5) is 2.28. The van der Waals surface area contributed by atoms with Gasteiger partial charge in [0.25, 0.3) is 0 Å². The third kappa shape index (κ3) is 5.83. The number of alkyl halides is 1. The third-order valence-corrected chi connectivity index (χ3v) is 8.43. The topological polar surface area (TPSA) is 41.1 Å². The zero-order chi connectivity index (χ0) is 27.5. The van der Waals surface area contributed by atoms with Gasteiger partial charge in [-0.1, -0.05) is 53.5 Å². The molecule has 3 aromatic carbocycles. The fraction of sp³-hybridized carbons (Fsp3) is 0.303. The summed E-state index contributed by atoms with van der Waals surface area (Å²) in [6, 6.07) is 22.8. The van der Waals surface area contributed by atoms with Crippen LogP contribution < -0.4 is 4.74 Å². The second-order valence-corrected chi connectivity index (χ2v) is 11.4. The molecule has 6 rings (SSSR count). The molecule has 1 atom stereocenters. The number of fused-ring (bicyclic) bond motifs is 1. The molecule has 1 aliphatic heterocycles. The maximum Gasteiger partial charge on any atom is 0.119 e. The quantitative estimate of drug-likeness (QED) is 0.229. The summed E-state index contributed by atoms with van der Waals surface area (Å²) >= 11 is 13.0. The van der Waals surface area contributed by atoms with Gasteiger partial charge in [-0.3, -0.25) is 14.4 Å². The predicted octanol–water partition coefficient (Wildman–Crippen LogP) is 8.49.